The quantitative estimate of drug-likeness (QED) is 0.0345. The van der Waals surface area contributed by atoms with E-state index in [0.29, 0.717) is 30.7 Å². The van der Waals surface area contributed by atoms with E-state index < -0.39 is 203 Å². The van der Waals surface area contributed by atoms with Crippen molar-refractivity contribution in [1.29, 1.82) is 0 Å². The number of carbonyl (C=O) groups is 14. The van der Waals surface area contributed by atoms with Crippen LogP contribution in [0.2, 0.25) is 0 Å². The molecule has 106 heavy (non-hydrogen) atoms. The maximum absolute atomic E-state index is 15.0. The van der Waals surface area contributed by atoms with E-state index in [-0.39, 0.29) is 68.7 Å². The Morgan fingerprint density at radius 1 is 0.613 bits per heavy atom. The molecular formula is C75H126N14O17. The lowest BCUT2D eigenvalue weighted by molar-refractivity contribution is -0.157. The fraction of sp³-hybridized carbons (Fsp3) is 0.707. The molecule has 2 saturated heterocycles. The summed E-state index contributed by atoms with van der Waals surface area (Å²) in [5.41, 5.74) is 6.34. The van der Waals surface area contributed by atoms with Gasteiger partial charge >= 0.3 is 5.97 Å². The average molecular weight is 1500 g/mol. The number of hydrogen-bond acceptors (Lipinski definition) is 17. The smallest absolute Gasteiger partial charge is 0.329 e. The second-order valence-electron chi connectivity index (χ2n) is 30.2. The number of benzene rings is 1. The molecule has 0 bridgehead atoms. The molecule has 598 valence electrons. The summed E-state index contributed by atoms with van der Waals surface area (Å²) in [6, 6.07) is -7.67. The van der Waals surface area contributed by atoms with Gasteiger partial charge in [-0.3, -0.25) is 62.3 Å². The SMILES string of the molecule is C/C=C1/NC(=O)[C@H](Cc2ccccc2)NC(=O)[C@H](C(C)C)NC(=O)[C@@H]([C@@H](C)CC)NC(=O)[C@@H](NC(=O)[C@H](NC(=O)[C@H](CCCN)NC(=O)[C@H]2CCCN2C(=O)[C@@H](NC(=O)[C@@H](NC(=O)[C@@H](NC(=O)[C@@H](NC(=O)CCCC(C)C)C(C)C)[C@@H](C)O)C(C)C)C(C)C)[C@@H](C)CC)[C@@H](C)OC(=O)[C@H](C(C)C)NC1=O.O. The summed E-state index contributed by atoms with van der Waals surface area (Å²) in [6.45, 7) is 31.8. The molecular weight excluding hydrogens is 1370 g/mol. The van der Waals surface area contributed by atoms with E-state index in [1.54, 1.807) is 127 Å². The summed E-state index contributed by atoms with van der Waals surface area (Å²) < 4.78 is 5.96. The summed E-state index contributed by atoms with van der Waals surface area (Å²) in [6.07, 6.45) is 1.02. The number of cyclic esters (lactones) is 1. The summed E-state index contributed by atoms with van der Waals surface area (Å²) in [5, 5.41) is 43.2. The van der Waals surface area contributed by atoms with E-state index in [0.717, 1.165) is 6.42 Å². The molecule has 2 fully saturated rings. The lowest BCUT2D eigenvalue weighted by Crippen LogP contribution is -2.64. The zero-order chi connectivity index (χ0) is 79.4. The average Bonchev–Trinajstić information content (AvgIpc) is 1.51. The van der Waals surface area contributed by atoms with Gasteiger partial charge in [0.05, 0.1) is 6.10 Å². The van der Waals surface area contributed by atoms with E-state index in [1.165, 1.54) is 31.7 Å². The van der Waals surface area contributed by atoms with Crippen molar-refractivity contribution in [3.05, 3.63) is 47.7 Å². The van der Waals surface area contributed by atoms with Crippen LogP contribution in [0.1, 0.15) is 195 Å². The van der Waals surface area contributed by atoms with Crippen molar-refractivity contribution >= 4 is 82.8 Å². The lowest BCUT2D eigenvalue weighted by atomic mass is 9.95. The number of nitrogens with one attached hydrogen (secondary N) is 12. The van der Waals surface area contributed by atoms with Crippen molar-refractivity contribution in [1.82, 2.24) is 68.7 Å². The number of allylic oxidation sites excluding steroid dienone is 1. The Kier molecular flexibility index (Phi) is 39.8. The van der Waals surface area contributed by atoms with Gasteiger partial charge in [0.1, 0.15) is 84.3 Å². The van der Waals surface area contributed by atoms with Crippen LogP contribution in [0.25, 0.3) is 0 Å². The van der Waals surface area contributed by atoms with Crippen molar-refractivity contribution in [2.24, 2.45) is 53.1 Å². The van der Waals surface area contributed by atoms with Crippen LogP contribution in [0, 0.1) is 47.3 Å². The maximum Gasteiger partial charge on any atom is 0.329 e. The molecule has 17 N–H and O–H groups in total. The maximum atomic E-state index is 15.0. The number of nitrogens with zero attached hydrogens (tertiary/aromatic N) is 1. The summed E-state index contributed by atoms with van der Waals surface area (Å²) >= 11 is 0. The fourth-order valence-electron chi connectivity index (χ4n) is 12.1. The van der Waals surface area contributed by atoms with E-state index in [4.69, 9.17) is 10.5 Å². The first kappa shape index (κ1) is 93.5. The molecule has 0 saturated carbocycles. The Balaban J connectivity index is 0.0000382. The second kappa shape index (κ2) is 45.2. The number of aliphatic hydroxyl groups is 1. The molecule has 2 aliphatic heterocycles. The van der Waals surface area contributed by atoms with Gasteiger partial charge in [0.2, 0.25) is 70.9 Å². The number of rotatable bonds is 33. The Morgan fingerprint density at radius 2 is 1.15 bits per heavy atom. The van der Waals surface area contributed by atoms with E-state index >= 15 is 9.59 Å². The first-order chi connectivity index (χ1) is 49.2. The van der Waals surface area contributed by atoms with Crippen LogP contribution in [0.4, 0.5) is 0 Å². The van der Waals surface area contributed by atoms with Gasteiger partial charge in [-0.1, -0.05) is 166 Å². The minimum Gasteiger partial charge on any atom is -0.458 e. The van der Waals surface area contributed by atoms with Crippen LogP contribution in [0.3, 0.4) is 0 Å². The number of carbonyl (C=O) groups excluding carboxylic acids is 14. The van der Waals surface area contributed by atoms with Gasteiger partial charge in [0, 0.05) is 19.4 Å². The topological polar surface area (TPSA) is 474 Å². The minimum absolute atomic E-state index is 0. The molecule has 31 nitrogen and oxygen atoms in total. The highest BCUT2D eigenvalue weighted by Crippen LogP contribution is 2.23. The van der Waals surface area contributed by atoms with Crippen LogP contribution in [0.15, 0.2) is 42.1 Å². The predicted octanol–water partition coefficient (Wildman–Crippen LogP) is 1.01. The first-order valence-corrected chi connectivity index (χ1v) is 37.5. The number of nitrogens with two attached hydrogens (primary N) is 1. The molecule has 2 heterocycles. The first-order valence-electron chi connectivity index (χ1n) is 37.5. The molecule has 0 aromatic heterocycles. The Hall–Kier alpha value is -8.58. The van der Waals surface area contributed by atoms with Crippen molar-refractivity contribution in [2.75, 3.05) is 13.1 Å². The number of hydrogen-bond donors (Lipinski definition) is 14. The lowest BCUT2D eigenvalue weighted by Gasteiger charge is -2.33. The highest BCUT2D eigenvalue weighted by Gasteiger charge is 2.44. The molecule has 31 heteroatoms. The van der Waals surface area contributed by atoms with E-state index in [2.05, 4.69) is 63.8 Å². The van der Waals surface area contributed by atoms with Crippen molar-refractivity contribution in [3.8, 4) is 0 Å². The highest BCUT2D eigenvalue weighted by atomic mass is 16.5. The Labute approximate surface area is 625 Å². The van der Waals surface area contributed by atoms with E-state index in [1.807, 2.05) is 13.8 Å². The van der Waals surface area contributed by atoms with Crippen LogP contribution >= 0.6 is 0 Å². The number of ether oxygens (including phenoxy) is 1. The van der Waals surface area contributed by atoms with Gasteiger partial charge in [-0.05, 0) is 112 Å². The van der Waals surface area contributed by atoms with Crippen molar-refractivity contribution in [2.45, 2.75) is 280 Å². The molecule has 1 aromatic rings. The third-order valence-electron chi connectivity index (χ3n) is 19.3. The van der Waals surface area contributed by atoms with E-state index in [9.17, 15) is 62.6 Å². The van der Waals surface area contributed by atoms with Crippen molar-refractivity contribution < 1.29 is 82.4 Å². The normalized spacial score (nSPS) is 22.3. The van der Waals surface area contributed by atoms with Gasteiger partial charge < -0.3 is 89.8 Å². The Morgan fingerprint density at radius 3 is 1.68 bits per heavy atom. The summed E-state index contributed by atoms with van der Waals surface area (Å²) in [5.74, 6) is -15.1. The molecule has 16 atom stereocenters. The van der Waals surface area contributed by atoms with Crippen LogP contribution in [0.5, 0.6) is 0 Å². The van der Waals surface area contributed by atoms with Crippen molar-refractivity contribution in [3.63, 3.8) is 0 Å². The highest BCUT2D eigenvalue weighted by molar-refractivity contribution is 6.03. The second-order valence-corrected chi connectivity index (χ2v) is 30.2. The minimum atomic E-state index is -1.83. The summed E-state index contributed by atoms with van der Waals surface area (Å²) in [4.78, 5) is 202. The molecule has 0 radical (unpaired) electrons. The molecule has 13 amide bonds. The molecule has 0 unspecified atom stereocenters. The van der Waals surface area contributed by atoms with Gasteiger partial charge in [-0.25, -0.2) is 4.79 Å². The van der Waals surface area contributed by atoms with Gasteiger partial charge in [0.15, 0.2) is 0 Å². The molecule has 1 aromatic carbocycles. The zero-order valence-electron chi connectivity index (χ0n) is 65.7. The molecule has 0 spiro atoms. The monoisotopic (exact) mass is 1490 g/mol. The van der Waals surface area contributed by atoms with Gasteiger partial charge in [0.25, 0.3) is 5.91 Å². The number of aliphatic hydroxyl groups excluding tert-OH is 1. The number of amides is 13. The molecule has 3 rings (SSSR count). The zero-order valence-corrected chi connectivity index (χ0v) is 65.7. The fourth-order valence-corrected chi connectivity index (χ4v) is 12.1. The standard InChI is InChI=1S/C75H124N14O16.H2O/c1-20-44(16)59(71(100)88-62-47(19)105-75(104)58(43(14)15)84-63(92)49(22-3)77-65(94)51(37-48-30-24-23-25-31-48)79-67(96)55(40(8)9)81-70(99)60(45(17)21-2)86-73(62)102)85-64(93)50(32-27-35-76)78-66(95)52-33-28-36-89(52)74(103)57(42(12)13)83-69(98)56(41(10)11)82-72(101)61(46(18)90)87-68(97)54(39(6)7)80-53(91)34-26-29-38(4)5;/h22-25,30-31,38-47,50-52,54-62,90H,20-21,26-29,32-37,76H2,1-19H3,(H,77,94)(H,78,95)(H,79,96)(H,80,91)(H,81,99)(H,82,101)(H,83,98)(H,84,92)(H,85,93)(H,86,102)(H,87,97)(H,88,100);1H2/b49-22+;/t44-,45-,46+,47+,50-,51-,52+,54-,55-,56-,57-,58-,59+,60+,61-,62-;/m0./s1. The molecule has 0 aliphatic carbocycles. The summed E-state index contributed by atoms with van der Waals surface area (Å²) in [7, 11) is 0. The third kappa shape index (κ3) is 28.3. The van der Waals surface area contributed by atoms with Crippen LogP contribution < -0.4 is 69.5 Å². The molecule has 2 aliphatic rings. The number of likely N-dealkylation sites (tertiary alicyclic amines) is 1. The van der Waals surface area contributed by atoms with Gasteiger partial charge in [-0.15, -0.1) is 0 Å². The van der Waals surface area contributed by atoms with Crippen LogP contribution in [-0.2, 0) is 78.3 Å². The predicted molar refractivity (Wildman–Crippen MR) is 399 cm³/mol. The largest absolute Gasteiger partial charge is 0.458 e. The third-order valence-corrected chi connectivity index (χ3v) is 19.3. The van der Waals surface area contributed by atoms with Gasteiger partial charge in [-0.2, -0.15) is 0 Å². The van der Waals surface area contributed by atoms with Crippen LogP contribution in [-0.4, -0.2) is 196 Å². The Bertz CT molecular complexity index is 3160. The number of esters is 1.